The second-order valence-corrected chi connectivity index (χ2v) is 11.0. The Morgan fingerprint density at radius 2 is 2.05 bits per heavy atom. The molecule has 0 aromatic carbocycles. The van der Waals surface area contributed by atoms with Crippen molar-refractivity contribution in [2.45, 2.75) is 45.7 Å². The van der Waals surface area contributed by atoms with E-state index in [0.717, 1.165) is 42.1 Å². The molecule has 0 saturated carbocycles. The number of fused-ring (bicyclic) bond motifs is 1. The van der Waals surface area contributed by atoms with Gasteiger partial charge in [-0.15, -0.1) is 11.3 Å². The van der Waals surface area contributed by atoms with Crippen molar-refractivity contribution in [1.82, 2.24) is 35.1 Å². The van der Waals surface area contributed by atoms with Crippen molar-refractivity contribution in [3.05, 3.63) is 53.7 Å². The Labute approximate surface area is 238 Å². The van der Waals surface area contributed by atoms with Crippen LogP contribution in [0.2, 0.25) is 0 Å². The number of carbonyl (C=O) groups excluding carboxylic acids is 2. The van der Waals surface area contributed by atoms with Gasteiger partial charge < -0.3 is 15.5 Å². The third-order valence-electron chi connectivity index (χ3n) is 7.45. The number of hydrogen-bond donors (Lipinski definition) is 2. The van der Waals surface area contributed by atoms with E-state index >= 15 is 0 Å². The lowest BCUT2D eigenvalue weighted by molar-refractivity contribution is -0.123. The molecule has 2 unspecified atom stereocenters. The van der Waals surface area contributed by atoms with Gasteiger partial charge in [-0.25, -0.2) is 14.5 Å². The fraction of sp³-hybridized carbons (Fsp3) is 0.414. The molecule has 0 bridgehead atoms. The van der Waals surface area contributed by atoms with Crippen molar-refractivity contribution < 1.29 is 9.59 Å². The molecular formula is C29H36N8O2S. The summed E-state index contributed by atoms with van der Waals surface area (Å²) in [6.07, 6.45) is 5.41. The van der Waals surface area contributed by atoms with Crippen LogP contribution in [0.1, 0.15) is 44.0 Å². The summed E-state index contributed by atoms with van der Waals surface area (Å²) in [7, 11) is 1.64. The van der Waals surface area contributed by atoms with Crippen molar-refractivity contribution in [1.29, 1.82) is 0 Å². The molecule has 1 aliphatic rings. The van der Waals surface area contributed by atoms with Crippen LogP contribution in [0, 0.1) is 0 Å². The number of amides is 2. The topological polar surface area (TPSA) is 108 Å². The van der Waals surface area contributed by atoms with Gasteiger partial charge in [0.25, 0.3) is 5.91 Å². The Morgan fingerprint density at radius 3 is 2.73 bits per heavy atom. The Balaban J connectivity index is 1.51. The minimum atomic E-state index is -0.316. The van der Waals surface area contributed by atoms with Gasteiger partial charge in [-0.3, -0.25) is 14.5 Å². The number of nitrogens with zero attached hydrogens (tertiary/aromatic N) is 6. The van der Waals surface area contributed by atoms with Crippen LogP contribution in [0.15, 0.2) is 48.1 Å². The molecule has 10 nitrogen and oxygen atoms in total. The van der Waals surface area contributed by atoms with E-state index in [-0.39, 0.29) is 23.9 Å². The summed E-state index contributed by atoms with van der Waals surface area (Å²) in [5.74, 6) is 0.350. The van der Waals surface area contributed by atoms with Gasteiger partial charge in [0.05, 0.1) is 28.0 Å². The van der Waals surface area contributed by atoms with Crippen LogP contribution >= 0.6 is 11.3 Å². The Morgan fingerprint density at radius 1 is 1.20 bits per heavy atom. The van der Waals surface area contributed by atoms with Crippen LogP contribution in [-0.4, -0.2) is 81.6 Å². The lowest BCUT2D eigenvalue weighted by atomic mass is 10.0. The maximum atomic E-state index is 13.5. The first-order valence-corrected chi connectivity index (χ1v) is 14.7. The molecule has 2 N–H and O–H groups in total. The number of thiophene rings is 1. The van der Waals surface area contributed by atoms with Crippen molar-refractivity contribution in [3.63, 3.8) is 0 Å². The minimum Gasteiger partial charge on any atom is -0.357 e. The SMILES string of the molecule is CCCN(CC)C(C)CNC(=O)c1cc(-c2cnn3ccc(-c4cccs4)nc23)nc(N2CCC2C(=O)NC)c1. The lowest BCUT2D eigenvalue weighted by Crippen LogP contribution is -2.56. The summed E-state index contributed by atoms with van der Waals surface area (Å²) >= 11 is 1.62. The zero-order valence-electron chi connectivity index (χ0n) is 23.4. The van der Waals surface area contributed by atoms with Gasteiger partial charge in [0.1, 0.15) is 11.9 Å². The monoisotopic (exact) mass is 560 g/mol. The Hall–Kier alpha value is -3.83. The Kier molecular flexibility index (Phi) is 8.41. The third kappa shape index (κ3) is 5.57. The average molecular weight is 561 g/mol. The summed E-state index contributed by atoms with van der Waals surface area (Å²) in [6, 6.07) is 9.43. The summed E-state index contributed by atoms with van der Waals surface area (Å²) in [5.41, 5.74) is 3.30. The van der Waals surface area contributed by atoms with Gasteiger partial charge in [-0.1, -0.05) is 19.9 Å². The number of rotatable bonds is 11. The van der Waals surface area contributed by atoms with E-state index in [9.17, 15) is 9.59 Å². The van der Waals surface area contributed by atoms with E-state index in [2.05, 4.69) is 41.4 Å². The van der Waals surface area contributed by atoms with Gasteiger partial charge in [0.2, 0.25) is 5.91 Å². The van der Waals surface area contributed by atoms with E-state index in [1.807, 2.05) is 34.7 Å². The fourth-order valence-corrected chi connectivity index (χ4v) is 5.79. The number of pyridine rings is 1. The van der Waals surface area contributed by atoms with Crippen molar-refractivity contribution in [2.75, 3.05) is 38.1 Å². The number of carbonyl (C=O) groups is 2. The molecule has 5 heterocycles. The minimum absolute atomic E-state index is 0.0629. The molecule has 210 valence electrons. The quantitative estimate of drug-likeness (QED) is 0.288. The van der Waals surface area contributed by atoms with Crippen LogP contribution in [0.5, 0.6) is 0 Å². The van der Waals surface area contributed by atoms with E-state index in [0.29, 0.717) is 35.8 Å². The number of hydrogen-bond acceptors (Lipinski definition) is 8. The number of nitrogens with one attached hydrogen (secondary N) is 2. The molecule has 0 spiro atoms. The molecule has 2 amide bonds. The van der Waals surface area contributed by atoms with Crippen molar-refractivity contribution in [2.24, 2.45) is 0 Å². The molecule has 1 fully saturated rings. The highest BCUT2D eigenvalue weighted by molar-refractivity contribution is 7.13. The van der Waals surface area contributed by atoms with Crippen molar-refractivity contribution >= 4 is 34.6 Å². The summed E-state index contributed by atoms with van der Waals surface area (Å²) in [5, 5.41) is 12.4. The zero-order chi connectivity index (χ0) is 28.2. The summed E-state index contributed by atoms with van der Waals surface area (Å²) in [6.45, 7) is 9.57. The van der Waals surface area contributed by atoms with E-state index in [1.165, 1.54) is 0 Å². The van der Waals surface area contributed by atoms with Gasteiger partial charge >= 0.3 is 0 Å². The van der Waals surface area contributed by atoms with Crippen LogP contribution in [-0.2, 0) is 4.79 Å². The molecule has 1 aliphatic heterocycles. The smallest absolute Gasteiger partial charge is 0.251 e. The molecule has 5 rings (SSSR count). The van der Waals surface area contributed by atoms with Crippen molar-refractivity contribution in [3.8, 4) is 21.8 Å². The van der Waals surface area contributed by atoms with Gasteiger partial charge in [-0.2, -0.15) is 5.10 Å². The first-order valence-electron chi connectivity index (χ1n) is 13.8. The first-order chi connectivity index (χ1) is 19.4. The molecule has 0 radical (unpaired) electrons. The second kappa shape index (κ2) is 12.1. The fourth-order valence-electron chi connectivity index (χ4n) is 5.09. The molecule has 4 aromatic rings. The van der Waals surface area contributed by atoms with Crippen LogP contribution in [0.4, 0.5) is 5.82 Å². The number of aromatic nitrogens is 4. The maximum absolute atomic E-state index is 13.5. The van der Waals surface area contributed by atoms with E-state index in [1.54, 1.807) is 41.2 Å². The molecule has 11 heteroatoms. The molecular weight excluding hydrogens is 524 g/mol. The number of anilines is 1. The third-order valence-corrected chi connectivity index (χ3v) is 8.35. The summed E-state index contributed by atoms with van der Waals surface area (Å²) < 4.78 is 1.71. The highest BCUT2D eigenvalue weighted by atomic mass is 32.1. The van der Waals surface area contributed by atoms with Gasteiger partial charge in [-0.05, 0) is 62.5 Å². The summed E-state index contributed by atoms with van der Waals surface area (Å²) in [4.78, 5) is 41.1. The maximum Gasteiger partial charge on any atom is 0.251 e. The standard InChI is InChI=1S/C29H36N8O2S/c1-5-11-35(6-2)19(3)17-31-28(38)20-15-23(33-26(16-20)36-12-10-24(36)29(39)30-4)21-18-32-37-13-9-22(34-27(21)37)25-8-7-14-40-25/h7-9,13-16,18-19,24H,5-6,10-12,17H2,1-4H3,(H,30,39)(H,31,38). The predicted molar refractivity (Wildman–Crippen MR) is 159 cm³/mol. The highest BCUT2D eigenvalue weighted by Crippen LogP contribution is 2.31. The van der Waals surface area contributed by atoms with Gasteiger partial charge in [0, 0.05) is 37.9 Å². The predicted octanol–water partition coefficient (Wildman–Crippen LogP) is 3.69. The van der Waals surface area contributed by atoms with Crippen LogP contribution in [0.25, 0.3) is 27.5 Å². The number of likely N-dealkylation sites (N-methyl/N-ethyl adjacent to an activating group) is 2. The zero-order valence-corrected chi connectivity index (χ0v) is 24.2. The lowest BCUT2D eigenvalue weighted by Gasteiger charge is -2.40. The normalized spacial score (nSPS) is 15.7. The highest BCUT2D eigenvalue weighted by Gasteiger charge is 2.35. The second-order valence-electron chi connectivity index (χ2n) is 10.0. The first kappa shape index (κ1) is 27.7. The van der Waals surface area contributed by atoms with E-state index < -0.39 is 0 Å². The van der Waals surface area contributed by atoms with Crippen LogP contribution < -0.4 is 15.5 Å². The van der Waals surface area contributed by atoms with Crippen LogP contribution in [0.3, 0.4) is 0 Å². The Bertz CT molecular complexity index is 1480. The van der Waals surface area contributed by atoms with Gasteiger partial charge in [0.15, 0.2) is 5.65 Å². The molecule has 2 atom stereocenters. The molecule has 40 heavy (non-hydrogen) atoms. The average Bonchev–Trinajstić information content (AvgIpc) is 3.64. The molecule has 0 aliphatic carbocycles. The largest absolute Gasteiger partial charge is 0.357 e. The van der Waals surface area contributed by atoms with E-state index in [4.69, 9.17) is 9.97 Å². The molecule has 4 aromatic heterocycles. The molecule has 1 saturated heterocycles.